The van der Waals surface area contributed by atoms with E-state index in [4.69, 9.17) is 9.47 Å². The predicted molar refractivity (Wildman–Crippen MR) is 172 cm³/mol. The van der Waals surface area contributed by atoms with Gasteiger partial charge in [-0.15, -0.1) is 11.8 Å². The molecule has 1 fully saturated rings. The molecule has 4 aromatic rings. The summed E-state index contributed by atoms with van der Waals surface area (Å²) >= 11 is 1.70. The van der Waals surface area contributed by atoms with Gasteiger partial charge in [-0.2, -0.15) is 0 Å². The molecule has 228 valence electrons. The highest BCUT2D eigenvalue weighted by molar-refractivity contribution is 7.99. The smallest absolute Gasteiger partial charge is 0.315 e. The van der Waals surface area contributed by atoms with E-state index in [0.717, 1.165) is 44.2 Å². The number of urea groups is 1. The van der Waals surface area contributed by atoms with Crippen LogP contribution in [0.1, 0.15) is 53.6 Å². The molecule has 44 heavy (non-hydrogen) atoms. The summed E-state index contributed by atoms with van der Waals surface area (Å²) in [5.41, 5.74) is 5.55. The largest absolute Gasteiger partial charge is 0.392 e. The van der Waals surface area contributed by atoms with Crippen molar-refractivity contribution in [3.05, 3.63) is 131 Å². The zero-order valence-electron chi connectivity index (χ0n) is 24.6. The molecule has 3 unspecified atom stereocenters. The highest BCUT2D eigenvalue weighted by Gasteiger charge is 2.32. The van der Waals surface area contributed by atoms with Crippen molar-refractivity contribution in [3.8, 4) is 0 Å². The third-order valence-corrected chi connectivity index (χ3v) is 8.37. The van der Waals surface area contributed by atoms with Crippen LogP contribution in [0.3, 0.4) is 0 Å². The third kappa shape index (κ3) is 9.17. The molecule has 3 atom stereocenters. The Morgan fingerprint density at radius 1 is 0.773 bits per heavy atom. The van der Waals surface area contributed by atoms with Crippen LogP contribution in [0.15, 0.2) is 108 Å². The lowest BCUT2D eigenvalue weighted by Crippen LogP contribution is -2.34. The van der Waals surface area contributed by atoms with E-state index in [-0.39, 0.29) is 30.8 Å². The number of nitrogens with one attached hydrogen (secondary N) is 3. The fraction of sp³-hybridized carbons (Fsp3) is 0.257. The van der Waals surface area contributed by atoms with Gasteiger partial charge in [-0.3, -0.25) is 4.79 Å². The second kappa shape index (κ2) is 15.5. The van der Waals surface area contributed by atoms with Crippen molar-refractivity contribution in [2.75, 3.05) is 11.1 Å². The van der Waals surface area contributed by atoms with Crippen LogP contribution < -0.4 is 16.0 Å². The fourth-order valence-corrected chi connectivity index (χ4v) is 5.79. The molecule has 8 nitrogen and oxygen atoms in total. The maximum Gasteiger partial charge on any atom is 0.315 e. The number of hydrogen-bond acceptors (Lipinski definition) is 6. The molecular weight excluding hydrogens is 574 g/mol. The number of aliphatic hydroxyl groups excluding tert-OH is 1. The summed E-state index contributed by atoms with van der Waals surface area (Å²) in [5.74, 6) is 0.628. The predicted octanol–water partition coefficient (Wildman–Crippen LogP) is 6.47. The minimum Gasteiger partial charge on any atom is -0.392 e. The summed E-state index contributed by atoms with van der Waals surface area (Å²) in [6, 6.07) is 33.1. The lowest BCUT2D eigenvalue weighted by atomic mass is 10.0. The molecule has 9 heteroatoms. The van der Waals surface area contributed by atoms with Gasteiger partial charge in [-0.05, 0) is 46.5 Å². The number of carbonyl (C=O) groups is 2. The number of carbonyl (C=O) groups excluding carboxylic acids is 2. The van der Waals surface area contributed by atoms with Gasteiger partial charge in [-0.1, -0.05) is 78.9 Å². The molecular formula is C35H37N3O5S. The first kappa shape index (κ1) is 31.3. The van der Waals surface area contributed by atoms with Crippen molar-refractivity contribution < 1.29 is 24.2 Å². The second-order valence-electron chi connectivity index (χ2n) is 10.6. The molecule has 5 rings (SSSR count). The maximum atomic E-state index is 12.3. The van der Waals surface area contributed by atoms with Crippen LogP contribution in [-0.4, -0.2) is 28.9 Å². The molecule has 0 aromatic heterocycles. The topological polar surface area (TPSA) is 109 Å². The number of rotatable bonds is 11. The standard InChI is InChI=1S/C35H37N3O5S/c1-24(40)38-30-15-17-32(18-16-30)44-23-31-19-33(28-11-9-27(22-39)10-12-28)43-34(42-31)29-13-7-26(8-14-29)21-37-35(41)36-20-25-5-3-2-4-6-25/h2-18,31,33-34,39H,19-23H2,1H3,(H,38,40)(H2,36,37,41). The van der Waals surface area contributed by atoms with E-state index in [0.29, 0.717) is 19.5 Å². The van der Waals surface area contributed by atoms with E-state index in [1.165, 1.54) is 6.92 Å². The Bertz CT molecular complexity index is 1500. The number of ether oxygens (including phenoxy) is 2. The number of benzene rings is 4. The van der Waals surface area contributed by atoms with Crippen molar-refractivity contribution in [3.63, 3.8) is 0 Å². The summed E-state index contributed by atoms with van der Waals surface area (Å²) < 4.78 is 12.9. The molecule has 1 aliphatic rings. The minimum absolute atomic E-state index is 0.00652. The molecule has 0 saturated carbocycles. The van der Waals surface area contributed by atoms with E-state index < -0.39 is 6.29 Å². The lowest BCUT2D eigenvalue weighted by molar-refractivity contribution is -0.245. The van der Waals surface area contributed by atoms with Crippen LogP contribution in [0.2, 0.25) is 0 Å². The Kier molecular flexibility index (Phi) is 11.0. The molecule has 0 aliphatic carbocycles. The van der Waals surface area contributed by atoms with Gasteiger partial charge in [0.15, 0.2) is 6.29 Å². The summed E-state index contributed by atoms with van der Waals surface area (Å²) in [5, 5.41) is 18.0. The van der Waals surface area contributed by atoms with Gasteiger partial charge >= 0.3 is 6.03 Å². The van der Waals surface area contributed by atoms with Gasteiger partial charge in [0.05, 0.1) is 18.8 Å². The molecule has 1 saturated heterocycles. The average Bonchev–Trinajstić information content (AvgIpc) is 3.06. The minimum atomic E-state index is -0.560. The van der Waals surface area contributed by atoms with E-state index in [1.807, 2.05) is 103 Å². The maximum absolute atomic E-state index is 12.3. The Labute approximate surface area is 262 Å². The van der Waals surface area contributed by atoms with Crippen molar-refractivity contribution in [1.29, 1.82) is 0 Å². The zero-order chi connectivity index (χ0) is 30.7. The molecule has 0 spiro atoms. The molecule has 0 bridgehead atoms. The third-order valence-electron chi connectivity index (χ3n) is 7.23. The van der Waals surface area contributed by atoms with Crippen LogP contribution in [0.4, 0.5) is 10.5 Å². The Morgan fingerprint density at radius 3 is 2.02 bits per heavy atom. The molecule has 0 radical (unpaired) electrons. The van der Waals surface area contributed by atoms with Gasteiger partial charge in [0.25, 0.3) is 0 Å². The molecule has 1 heterocycles. The van der Waals surface area contributed by atoms with Crippen LogP contribution >= 0.6 is 11.8 Å². The molecule has 1 aliphatic heterocycles. The number of anilines is 1. The summed E-state index contributed by atoms with van der Waals surface area (Å²) in [7, 11) is 0. The van der Waals surface area contributed by atoms with Gasteiger partial charge in [0, 0.05) is 48.3 Å². The lowest BCUT2D eigenvalue weighted by Gasteiger charge is -2.36. The van der Waals surface area contributed by atoms with Gasteiger partial charge in [0.1, 0.15) is 0 Å². The van der Waals surface area contributed by atoms with E-state index >= 15 is 0 Å². The quantitative estimate of drug-likeness (QED) is 0.145. The first-order valence-corrected chi connectivity index (χ1v) is 15.6. The van der Waals surface area contributed by atoms with E-state index in [9.17, 15) is 14.7 Å². The Morgan fingerprint density at radius 2 is 1.39 bits per heavy atom. The van der Waals surface area contributed by atoms with Gasteiger partial charge in [-0.25, -0.2) is 4.79 Å². The first-order valence-electron chi connectivity index (χ1n) is 14.6. The highest BCUT2D eigenvalue weighted by Crippen LogP contribution is 2.39. The Hall–Kier alpha value is -4.15. The van der Waals surface area contributed by atoms with Crippen molar-refractivity contribution in [2.45, 2.75) is 56.4 Å². The monoisotopic (exact) mass is 611 g/mol. The summed E-state index contributed by atoms with van der Waals surface area (Å²) in [6.07, 6.45) is -0.128. The van der Waals surface area contributed by atoms with Crippen LogP contribution in [0.5, 0.6) is 0 Å². The second-order valence-corrected chi connectivity index (χ2v) is 11.7. The van der Waals surface area contributed by atoms with Crippen molar-refractivity contribution in [1.82, 2.24) is 10.6 Å². The number of hydrogen-bond donors (Lipinski definition) is 4. The fourth-order valence-electron chi connectivity index (χ4n) is 4.87. The summed E-state index contributed by atoms with van der Waals surface area (Å²) in [6.45, 7) is 2.35. The van der Waals surface area contributed by atoms with Gasteiger partial charge in [0.2, 0.25) is 5.91 Å². The molecule has 3 amide bonds. The van der Waals surface area contributed by atoms with E-state index in [2.05, 4.69) is 16.0 Å². The van der Waals surface area contributed by atoms with Gasteiger partial charge < -0.3 is 30.5 Å². The molecule has 4 N–H and O–H groups in total. The number of amides is 3. The van der Waals surface area contributed by atoms with Crippen molar-refractivity contribution >= 4 is 29.4 Å². The normalized spacial score (nSPS) is 17.9. The summed E-state index contributed by atoms with van der Waals surface area (Å²) in [4.78, 5) is 24.7. The highest BCUT2D eigenvalue weighted by atomic mass is 32.2. The number of aliphatic hydroxyl groups is 1. The van der Waals surface area contributed by atoms with Crippen LogP contribution in [0, 0.1) is 0 Å². The van der Waals surface area contributed by atoms with Crippen LogP contribution in [0.25, 0.3) is 0 Å². The Balaban J connectivity index is 1.21. The van der Waals surface area contributed by atoms with E-state index in [1.54, 1.807) is 11.8 Å². The molecule has 4 aromatic carbocycles. The number of thioether (sulfide) groups is 1. The zero-order valence-corrected chi connectivity index (χ0v) is 25.4. The SMILES string of the molecule is CC(=O)Nc1ccc(SCC2CC(c3ccc(CO)cc3)OC(c3ccc(CNC(=O)NCc4ccccc4)cc3)O2)cc1. The first-order chi connectivity index (χ1) is 21.4. The van der Waals surface area contributed by atoms with Crippen molar-refractivity contribution in [2.24, 2.45) is 0 Å². The average molecular weight is 612 g/mol. The van der Waals surface area contributed by atoms with Crippen LogP contribution in [-0.2, 0) is 34.0 Å².